The van der Waals surface area contributed by atoms with E-state index in [4.69, 9.17) is 4.42 Å². The molecule has 0 bridgehead atoms. The van der Waals surface area contributed by atoms with E-state index in [-0.39, 0.29) is 11.8 Å². The summed E-state index contributed by atoms with van der Waals surface area (Å²) in [5.74, 6) is 1.27. The summed E-state index contributed by atoms with van der Waals surface area (Å²) in [6.07, 6.45) is 6.99. The van der Waals surface area contributed by atoms with Gasteiger partial charge in [-0.2, -0.15) is 0 Å². The maximum Gasteiger partial charge on any atom is 0.224 e. The van der Waals surface area contributed by atoms with Crippen LogP contribution in [0, 0.1) is 5.92 Å². The van der Waals surface area contributed by atoms with Gasteiger partial charge in [-0.15, -0.1) is 0 Å². The summed E-state index contributed by atoms with van der Waals surface area (Å²) < 4.78 is 5.34. The van der Waals surface area contributed by atoms with Crippen molar-refractivity contribution >= 4 is 5.91 Å². The lowest BCUT2D eigenvalue weighted by Crippen LogP contribution is -2.50. The van der Waals surface area contributed by atoms with Crippen molar-refractivity contribution in [2.45, 2.75) is 44.7 Å². The van der Waals surface area contributed by atoms with Crippen LogP contribution in [0.25, 0.3) is 0 Å². The number of piperidine rings is 2. The number of likely N-dealkylation sites (tertiary alicyclic amines) is 2. The highest BCUT2D eigenvalue weighted by atomic mass is 16.3. The lowest BCUT2D eigenvalue weighted by atomic mass is 9.93. The molecule has 0 saturated carbocycles. The smallest absolute Gasteiger partial charge is 0.224 e. The van der Waals surface area contributed by atoms with E-state index < -0.39 is 0 Å². The van der Waals surface area contributed by atoms with Gasteiger partial charge >= 0.3 is 0 Å². The molecule has 2 saturated heterocycles. The standard InChI is InChI=1S/C24H33N3O2/c28-24(25-13-10-23-9-5-17-29-23)21-8-4-14-27(19-21)22-11-15-26(16-12-22)18-20-6-2-1-3-7-20/h1-3,5-7,9,17,21-22H,4,8,10-16,18-19H2,(H,25,28)/t21-/m1/s1. The Morgan fingerprint density at radius 2 is 1.86 bits per heavy atom. The molecular formula is C24H33N3O2. The van der Waals surface area contributed by atoms with Gasteiger partial charge in [-0.25, -0.2) is 0 Å². The van der Waals surface area contributed by atoms with Crippen molar-refractivity contribution in [3.05, 3.63) is 60.1 Å². The number of hydrogen-bond donors (Lipinski definition) is 1. The maximum atomic E-state index is 12.6. The minimum Gasteiger partial charge on any atom is -0.469 e. The van der Waals surface area contributed by atoms with Gasteiger partial charge in [0.25, 0.3) is 0 Å². The minimum absolute atomic E-state index is 0.127. The van der Waals surface area contributed by atoms with Crippen LogP contribution in [-0.4, -0.2) is 54.5 Å². The summed E-state index contributed by atoms with van der Waals surface area (Å²) in [5.41, 5.74) is 1.40. The highest BCUT2D eigenvalue weighted by molar-refractivity contribution is 5.78. The molecule has 156 valence electrons. The molecule has 3 heterocycles. The lowest BCUT2D eigenvalue weighted by molar-refractivity contribution is -0.127. The van der Waals surface area contributed by atoms with Crippen molar-refractivity contribution in [2.75, 3.05) is 32.7 Å². The average molecular weight is 396 g/mol. The van der Waals surface area contributed by atoms with Crippen LogP contribution in [0.5, 0.6) is 0 Å². The molecule has 2 aliphatic heterocycles. The molecule has 2 aromatic rings. The molecule has 0 spiro atoms. The van der Waals surface area contributed by atoms with E-state index in [0.717, 1.165) is 57.7 Å². The fraction of sp³-hybridized carbons (Fsp3) is 0.542. The van der Waals surface area contributed by atoms with Crippen molar-refractivity contribution in [1.29, 1.82) is 0 Å². The Morgan fingerprint density at radius 1 is 1.03 bits per heavy atom. The largest absolute Gasteiger partial charge is 0.469 e. The van der Waals surface area contributed by atoms with Crippen molar-refractivity contribution in [3.8, 4) is 0 Å². The summed E-state index contributed by atoms with van der Waals surface area (Å²) in [6, 6.07) is 15.2. The molecule has 1 N–H and O–H groups in total. The monoisotopic (exact) mass is 395 g/mol. The molecule has 4 rings (SSSR count). The summed E-state index contributed by atoms with van der Waals surface area (Å²) in [5, 5.41) is 3.11. The summed E-state index contributed by atoms with van der Waals surface area (Å²) in [6.45, 7) is 6.05. The third-order valence-electron chi connectivity index (χ3n) is 6.40. The number of carbonyl (C=O) groups is 1. The van der Waals surface area contributed by atoms with E-state index in [9.17, 15) is 4.79 Å². The Hall–Kier alpha value is -2.11. The Bertz CT molecular complexity index is 739. The van der Waals surface area contributed by atoms with Crippen LogP contribution in [0.4, 0.5) is 0 Å². The highest BCUT2D eigenvalue weighted by Gasteiger charge is 2.31. The van der Waals surface area contributed by atoms with Gasteiger partial charge in [-0.05, 0) is 63.0 Å². The zero-order chi connectivity index (χ0) is 19.9. The van der Waals surface area contributed by atoms with Gasteiger partial charge in [0.1, 0.15) is 5.76 Å². The summed E-state index contributed by atoms with van der Waals surface area (Å²) in [7, 11) is 0. The predicted octanol–water partition coefficient (Wildman–Crippen LogP) is 3.31. The van der Waals surface area contributed by atoms with E-state index in [1.807, 2.05) is 12.1 Å². The van der Waals surface area contributed by atoms with Gasteiger partial charge in [0.15, 0.2) is 0 Å². The number of rotatable bonds is 7. The fourth-order valence-corrected chi connectivity index (χ4v) is 4.74. The van der Waals surface area contributed by atoms with Gasteiger partial charge in [0.05, 0.1) is 12.2 Å². The predicted molar refractivity (Wildman–Crippen MR) is 114 cm³/mol. The van der Waals surface area contributed by atoms with Crippen LogP contribution < -0.4 is 5.32 Å². The van der Waals surface area contributed by atoms with Crippen molar-refractivity contribution < 1.29 is 9.21 Å². The van der Waals surface area contributed by atoms with Crippen LogP contribution in [0.1, 0.15) is 37.0 Å². The second-order valence-electron chi connectivity index (χ2n) is 8.45. The van der Waals surface area contributed by atoms with Crippen LogP contribution in [0.3, 0.4) is 0 Å². The molecule has 5 heteroatoms. The van der Waals surface area contributed by atoms with Crippen molar-refractivity contribution in [2.24, 2.45) is 5.92 Å². The van der Waals surface area contributed by atoms with E-state index in [1.165, 1.54) is 18.4 Å². The third kappa shape index (κ3) is 5.71. The fourth-order valence-electron chi connectivity index (χ4n) is 4.74. The van der Waals surface area contributed by atoms with Crippen LogP contribution in [0.15, 0.2) is 53.1 Å². The first kappa shape index (κ1) is 20.2. The van der Waals surface area contributed by atoms with Gasteiger partial charge in [0, 0.05) is 32.1 Å². The number of hydrogen-bond acceptors (Lipinski definition) is 4. The number of carbonyl (C=O) groups excluding carboxylic acids is 1. The molecule has 2 aliphatic rings. The zero-order valence-corrected chi connectivity index (χ0v) is 17.3. The van der Waals surface area contributed by atoms with E-state index in [0.29, 0.717) is 12.6 Å². The summed E-state index contributed by atoms with van der Waals surface area (Å²) in [4.78, 5) is 17.8. The van der Waals surface area contributed by atoms with Crippen molar-refractivity contribution in [3.63, 3.8) is 0 Å². The number of amides is 1. The summed E-state index contributed by atoms with van der Waals surface area (Å²) >= 11 is 0. The van der Waals surface area contributed by atoms with Gasteiger partial charge in [-0.1, -0.05) is 30.3 Å². The van der Waals surface area contributed by atoms with Crippen LogP contribution >= 0.6 is 0 Å². The Kier molecular flexibility index (Phi) is 7.01. The minimum atomic E-state index is 0.127. The molecule has 29 heavy (non-hydrogen) atoms. The molecule has 2 fully saturated rings. The molecule has 1 amide bonds. The lowest BCUT2D eigenvalue weighted by Gasteiger charge is -2.42. The zero-order valence-electron chi connectivity index (χ0n) is 17.3. The second kappa shape index (κ2) is 10.1. The quantitative estimate of drug-likeness (QED) is 0.781. The van der Waals surface area contributed by atoms with Gasteiger partial charge < -0.3 is 9.73 Å². The SMILES string of the molecule is O=C(NCCc1ccco1)[C@@H]1CCCN(C2CCN(Cc3ccccc3)CC2)C1. The molecule has 1 aromatic heterocycles. The third-order valence-corrected chi connectivity index (χ3v) is 6.40. The molecular weight excluding hydrogens is 362 g/mol. The second-order valence-corrected chi connectivity index (χ2v) is 8.45. The Labute approximate surface area is 174 Å². The number of furan rings is 1. The average Bonchev–Trinajstić information content (AvgIpc) is 3.29. The molecule has 0 radical (unpaired) electrons. The first-order chi connectivity index (χ1) is 14.3. The maximum absolute atomic E-state index is 12.6. The van der Waals surface area contributed by atoms with Crippen LogP contribution in [0.2, 0.25) is 0 Å². The highest BCUT2D eigenvalue weighted by Crippen LogP contribution is 2.24. The van der Waals surface area contributed by atoms with E-state index >= 15 is 0 Å². The molecule has 0 aliphatic carbocycles. The molecule has 1 atom stereocenters. The van der Waals surface area contributed by atoms with E-state index in [1.54, 1.807) is 6.26 Å². The molecule has 5 nitrogen and oxygen atoms in total. The van der Waals surface area contributed by atoms with Gasteiger partial charge in [0.2, 0.25) is 5.91 Å². The topological polar surface area (TPSA) is 48.7 Å². The molecule has 0 unspecified atom stereocenters. The van der Waals surface area contributed by atoms with E-state index in [2.05, 4.69) is 45.4 Å². The number of nitrogens with one attached hydrogen (secondary N) is 1. The molecule has 1 aromatic carbocycles. The Balaban J connectivity index is 1.20. The first-order valence-electron chi connectivity index (χ1n) is 11.1. The van der Waals surface area contributed by atoms with Crippen molar-refractivity contribution in [1.82, 2.24) is 15.1 Å². The van der Waals surface area contributed by atoms with Crippen LogP contribution in [-0.2, 0) is 17.8 Å². The van der Waals surface area contributed by atoms with Gasteiger partial charge in [-0.3, -0.25) is 14.6 Å². The number of nitrogens with zero attached hydrogens (tertiary/aromatic N) is 2. The Morgan fingerprint density at radius 3 is 2.62 bits per heavy atom. The first-order valence-corrected chi connectivity index (χ1v) is 11.1. The normalized spacial score (nSPS) is 21.9. The number of benzene rings is 1.